The Morgan fingerprint density at radius 3 is 2.26 bits per heavy atom. The fourth-order valence-corrected chi connectivity index (χ4v) is 4.41. The third kappa shape index (κ3) is 10.5. The van der Waals surface area contributed by atoms with Crippen LogP contribution in [0, 0.1) is 0 Å². The van der Waals surface area contributed by atoms with Crippen LogP contribution in [0.1, 0.15) is 83.5 Å². The van der Waals surface area contributed by atoms with Crippen LogP contribution in [0.3, 0.4) is 0 Å². The fraction of sp³-hybridized carbons (Fsp3) is 1.00. The highest BCUT2D eigenvalue weighted by atomic mass is 16.7. The molecule has 0 aromatic rings. The van der Waals surface area contributed by atoms with Crippen LogP contribution in [-0.4, -0.2) is 75.6 Å². The Hall–Kier alpha value is -0.280. The van der Waals surface area contributed by atoms with Gasteiger partial charge in [-0.1, -0.05) is 19.3 Å². The highest BCUT2D eigenvalue weighted by Crippen LogP contribution is 2.20. The maximum Gasteiger partial charge on any atom is 0.158 e. The Balaban J connectivity index is 1.27. The molecule has 0 aliphatic carbocycles. The molecule has 5 unspecified atom stereocenters. The molecule has 182 valence electrons. The summed E-state index contributed by atoms with van der Waals surface area (Å²) >= 11 is 0. The van der Waals surface area contributed by atoms with Crippen molar-refractivity contribution >= 4 is 0 Å². The van der Waals surface area contributed by atoms with Crippen LogP contribution in [0.2, 0.25) is 0 Å². The predicted octanol–water partition coefficient (Wildman–Crippen LogP) is 3.95. The van der Waals surface area contributed by atoms with E-state index in [-0.39, 0.29) is 24.8 Å². The minimum absolute atomic E-state index is 0.0193. The van der Waals surface area contributed by atoms with E-state index in [1.54, 1.807) is 0 Å². The van der Waals surface area contributed by atoms with Crippen LogP contribution < -0.4 is 0 Å². The average molecular weight is 445 g/mol. The summed E-state index contributed by atoms with van der Waals surface area (Å²) in [5.74, 6) is 0. The molecule has 3 saturated heterocycles. The van der Waals surface area contributed by atoms with Crippen molar-refractivity contribution < 1.29 is 33.5 Å². The molecule has 0 aromatic heterocycles. The molecule has 0 radical (unpaired) electrons. The third-order valence-corrected chi connectivity index (χ3v) is 6.34. The largest absolute Gasteiger partial charge is 0.390 e. The topological polar surface area (TPSA) is 75.6 Å². The van der Waals surface area contributed by atoms with Crippen LogP contribution in [0.4, 0.5) is 0 Å². The molecule has 3 fully saturated rings. The van der Waals surface area contributed by atoms with E-state index in [0.29, 0.717) is 19.8 Å². The average Bonchev–Trinajstić information content (AvgIpc) is 2.81. The van der Waals surface area contributed by atoms with Gasteiger partial charge in [0.05, 0.1) is 25.4 Å². The number of aliphatic hydroxyl groups is 1. The van der Waals surface area contributed by atoms with Crippen molar-refractivity contribution in [3.63, 3.8) is 0 Å². The summed E-state index contributed by atoms with van der Waals surface area (Å²) in [7, 11) is 0. The minimum Gasteiger partial charge on any atom is -0.390 e. The molecule has 3 aliphatic rings. The van der Waals surface area contributed by atoms with E-state index in [9.17, 15) is 5.11 Å². The molecule has 0 amide bonds. The zero-order valence-electron chi connectivity index (χ0n) is 19.2. The molecule has 3 aliphatic heterocycles. The Morgan fingerprint density at radius 2 is 1.52 bits per heavy atom. The number of aliphatic hydroxyl groups excluding tert-OH is 1. The summed E-state index contributed by atoms with van der Waals surface area (Å²) in [5.41, 5.74) is 0. The monoisotopic (exact) mass is 444 g/mol. The first-order valence-electron chi connectivity index (χ1n) is 12.7. The second-order valence-electron chi connectivity index (χ2n) is 9.08. The number of ether oxygens (including phenoxy) is 6. The van der Waals surface area contributed by atoms with Crippen molar-refractivity contribution in [3.8, 4) is 0 Å². The van der Waals surface area contributed by atoms with Gasteiger partial charge in [0.1, 0.15) is 6.10 Å². The third-order valence-electron chi connectivity index (χ3n) is 6.34. The van der Waals surface area contributed by atoms with Crippen molar-refractivity contribution in [2.24, 2.45) is 0 Å². The Bertz CT molecular complexity index is 438. The predicted molar refractivity (Wildman–Crippen MR) is 117 cm³/mol. The number of rotatable bonds is 14. The van der Waals surface area contributed by atoms with Gasteiger partial charge in [0.2, 0.25) is 0 Å². The molecule has 1 N–H and O–H groups in total. The van der Waals surface area contributed by atoms with Gasteiger partial charge in [-0.25, -0.2) is 0 Å². The maximum absolute atomic E-state index is 10.0. The lowest BCUT2D eigenvalue weighted by Gasteiger charge is -2.30. The van der Waals surface area contributed by atoms with Crippen LogP contribution >= 0.6 is 0 Å². The van der Waals surface area contributed by atoms with Gasteiger partial charge in [0.15, 0.2) is 12.6 Å². The summed E-state index contributed by atoms with van der Waals surface area (Å²) < 4.78 is 35.0. The Morgan fingerprint density at radius 1 is 0.774 bits per heavy atom. The van der Waals surface area contributed by atoms with Gasteiger partial charge in [0.25, 0.3) is 0 Å². The zero-order chi connectivity index (χ0) is 21.6. The smallest absolute Gasteiger partial charge is 0.158 e. The lowest BCUT2D eigenvalue weighted by atomic mass is 10.1. The number of unbranched alkanes of at least 4 members (excludes halogenated alkanes) is 3. The highest BCUT2D eigenvalue weighted by Gasteiger charge is 2.25. The Kier molecular flexibility index (Phi) is 12.7. The second kappa shape index (κ2) is 15.5. The summed E-state index contributed by atoms with van der Waals surface area (Å²) in [5, 5.41) is 10.0. The van der Waals surface area contributed by atoms with E-state index in [4.69, 9.17) is 28.4 Å². The lowest BCUT2D eigenvalue weighted by Crippen LogP contribution is -2.39. The van der Waals surface area contributed by atoms with Crippen molar-refractivity contribution in [1.82, 2.24) is 0 Å². The molecular weight excluding hydrogens is 400 g/mol. The summed E-state index contributed by atoms with van der Waals surface area (Å²) in [6.07, 6.45) is 13.1. The molecule has 0 bridgehead atoms. The van der Waals surface area contributed by atoms with Gasteiger partial charge in [-0.05, 0) is 64.2 Å². The van der Waals surface area contributed by atoms with Crippen molar-refractivity contribution in [1.29, 1.82) is 0 Å². The van der Waals surface area contributed by atoms with Gasteiger partial charge >= 0.3 is 0 Å². The van der Waals surface area contributed by atoms with Crippen molar-refractivity contribution in [2.45, 2.75) is 114 Å². The van der Waals surface area contributed by atoms with Crippen LogP contribution in [0.5, 0.6) is 0 Å². The van der Waals surface area contributed by atoms with Crippen LogP contribution in [-0.2, 0) is 28.4 Å². The lowest BCUT2D eigenvalue weighted by molar-refractivity contribution is -0.203. The van der Waals surface area contributed by atoms with E-state index in [1.165, 1.54) is 6.42 Å². The van der Waals surface area contributed by atoms with E-state index in [0.717, 1.165) is 96.9 Å². The second-order valence-corrected chi connectivity index (χ2v) is 9.08. The first-order valence-corrected chi connectivity index (χ1v) is 12.7. The normalized spacial score (nSPS) is 30.9. The molecule has 0 spiro atoms. The standard InChI is InChI=1S/C24H44O7/c25-21-11-9-17-27-22(21)19-26-18-20(31-24-13-5-8-16-30-24)10-3-1-2-6-14-28-23-12-4-7-15-29-23/h20-25H,1-19H2. The molecule has 3 heterocycles. The molecule has 0 aromatic carbocycles. The summed E-state index contributed by atoms with van der Waals surface area (Å²) in [6.45, 7) is 4.06. The quantitative estimate of drug-likeness (QED) is 0.407. The van der Waals surface area contributed by atoms with Crippen LogP contribution in [0.25, 0.3) is 0 Å². The summed E-state index contributed by atoms with van der Waals surface area (Å²) in [6, 6.07) is 0. The molecule has 7 nitrogen and oxygen atoms in total. The molecule has 0 saturated carbocycles. The first-order chi connectivity index (χ1) is 15.3. The van der Waals surface area contributed by atoms with Gasteiger partial charge in [-0.3, -0.25) is 0 Å². The van der Waals surface area contributed by atoms with E-state index < -0.39 is 6.10 Å². The zero-order valence-corrected chi connectivity index (χ0v) is 19.2. The minimum atomic E-state index is -0.420. The van der Waals surface area contributed by atoms with Crippen LogP contribution in [0.15, 0.2) is 0 Å². The molecule has 5 atom stereocenters. The first kappa shape index (κ1) is 25.3. The highest BCUT2D eigenvalue weighted by molar-refractivity contribution is 4.73. The van der Waals surface area contributed by atoms with E-state index in [2.05, 4.69) is 0 Å². The Labute approximate surface area is 188 Å². The molecular formula is C24H44O7. The van der Waals surface area contributed by atoms with Crippen molar-refractivity contribution in [2.75, 3.05) is 39.6 Å². The van der Waals surface area contributed by atoms with Gasteiger partial charge in [0, 0.05) is 26.4 Å². The molecule has 31 heavy (non-hydrogen) atoms. The molecule has 7 heteroatoms. The molecule has 3 rings (SSSR count). The number of hydrogen-bond donors (Lipinski definition) is 1. The van der Waals surface area contributed by atoms with E-state index >= 15 is 0 Å². The van der Waals surface area contributed by atoms with Crippen molar-refractivity contribution in [3.05, 3.63) is 0 Å². The fourth-order valence-electron chi connectivity index (χ4n) is 4.41. The SMILES string of the molecule is OC1CCCOC1COCC(CCCCCCOC1CCCCO1)OC1CCCCO1. The van der Waals surface area contributed by atoms with Gasteiger partial charge < -0.3 is 33.5 Å². The van der Waals surface area contributed by atoms with Gasteiger partial charge in [-0.2, -0.15) is 0 Å². The van der Waals surface area contributed by atoms with Gasteiger partial charge in [-0.15, -0.1) is 0 Å². The number of hydrogen-bond acceptors (Lipinski definition) is 7. The van der Waals surface area contributed by atoms with E-state index in [1.807, 2.05) is 0 Å². The summed E-state index contributed by atoms with van der Waals surface area (Å²) in [4.78, 5) is 0. The maximum atomic E-state index is 10.0.